The molecule has 1 saturated heterocycles. The van der Waals surface area contributed by atoms with E-state index in [-0.39, 0.29) is 0 Å². The number of thiazole rings is 1. The summed E-state index contributed by atoms with van der Waals surface area (Å²) >= 11 is 1.51. The number of hydrogen-bond acceptors (Lipinski definition) is 6. The molecule has 6 heteroatoms. The van der Waals surface area contributed by atoms with Crippen LogP contribution in [0.5, 0.6) is 5.19 Å². The van der Waals surface area contributed by atoms with Crippen LogP contribution in [0.3, 0.4) is 0 Å². The summed E-state index contributed by atoms with van der Waals surface area (Å²) in [5.74, 6) is 0.453. The summed E-state index contributed by atoms with van der Waals surface area (Å²) in [6, 6.07) is 6.02. The Morgan fingerprint density at radius 2 is 2.38 bits per heavy atom. The Labute approximate surface area is 127 Å². The Morgan fingerprint density at radius 3 is 3.19 bits per heavy atom. The van der Waals surface area contributed by atoms with Crippen LogP contribution in [0.2, 0.25) is 0 Å². The van der Waals surface area contributed by atoms with Crippen LogP contribution in [-0.2, 0) is 0 Å². The van der Waals surface area contributed by atoms with Crippen molar-refractivity contribution in [1.29, 1.82) is 5.26 Å². The van der Waals surface area contributed by atoms with Crippen LogP contribution in [0.25, 0.3) is 0 Å². The predicted molar refractivity (Wildman–Crippen MR) is 81.5 cm³/mol. The third kappa shape index (κ3) is 3.31. The third-order valence-electron chi connectivity index (χ3n) is 3.60. The smallest absolute Gasteiger partial charge is 0.273 e. The van der Waals surface area contributed by atoms with Crippen molar-refractivity contribution >= 4 is 17.0 Å². The van der Waals surface area contributed by atoms with Gasteiger partial charge in [0.1, 0.15) is 6.07 Å². The van der Waals surface area contributed by atoms with Gasteiger partial charge in [0.15, 0.2) is 5.69 Å². The number of aromatic nitrogens is 2. The predicted octanol–water partition coefficient (Wildman–Crippen LogP) is 2.71. The topological polar surface area (TPSA) is 62.0 Å². The minimum atomic E-state index is 0.453. The molecule has 1 aliphatic heterocycles. The first-order chi connectivity index (χ1) is 10.4. The molecule has 1 aliphatic rings. The molecule has 5 nitrogen and oxygen atoms in total. The summed E-state index contributed by atoms with van der Waals surface area (Å²) in [5, 5.41) is 11.8. The molecule has 0 bridgehead atoms. The van der Waals surface area contributed by atoms with Gasteiger partial charge in [-0.1, -0.05) is 11.3 Å². The van der Waals surface area contributed by atoms with Crippen LogP contribution in [0.4, 0.5) is 5.69 Å². The number of ether oxygens (including phenoxy) is 1. The Hall–Kier alpha value is -2.13. The quantitative estimate of drug-likeness (QED) is 0.868. The lowest BCUT2D eigenvalue weighted by Gasteiger charge is -2.34. The van der Waals surface area contributed by atoms with E-state index in [0.29, 0.717) is 18.2 Å². The second-order valence-electron chi connectivity index (χ2n) is 5.05. The van der Waals surface area contributed by atoms with E-state index in [1.54, 1.807) is 12.4 Å². The van der Waals surface area contributed by atoms with Crippen LogP contribution in [0.1, 0.15) is 18.5 Å². The zero-order valence-electron chi connectivity index (χ0n) is 11.6. The molecular formula is C15H16N4OS. The van der Waals surface area contributed by atoms with Crippen molar-refractivity contribution in [3.63, 3.8) is 0 Å². The first kappa shape index (κ1) is 13.8. The van der Waals surface area contributed by atoms with Gasteiger partial charge in [-0.25, -0.2) is 9.97 Å². The highest BCUT2D eigenvalue weighted by Gasteiger charge is 2.23. The van der Waals surface area contributed by atoms with E-state index in [9.17, 15) is 5.26 Å². The first-order valence-electron chi connectivity index (χ1n) is 6.99. The van der Waals surface area contributed by atoms with Gasteiger partial charge in [-0.3, -0.25) is 0 Å². The zero-order chi connectivity index (χ0) is 14.5. The molecule has 2 aromatic rings. The number of hydrogen-bond donors (Lipinski definition) is 0. The standard InChI is InChI=1S/C15H16N4OS/c16-9-13-14(4-1-5-17-13)19-7-2-3-12(10-19)11-20-15-18-6-8-21-15/h1,4-6,8,12H,2-3,7,10-11H2. The number of pyridine rings is 1. The zero-order valence-corrected chi connectivity index (χ0v) is 12.4. The SMILES string of the molecule is N#Cc1ncccc1N1CCCC(COc2nccs2)C1. The van der Waals surface area contributed by atoms with Gasteiger partial charge in [0, 0.05) is 36.8 Å². The van der Waals surface area contributed by atoms with Crippen LogP contribution < -0.4 is 9.64 Å². The Kier molecular flexibility index (Phi) is 4.31. The summed E-state index contributed by atoms with van der Waals surface area (Å²) in [6.07, 6.45) is 5.66. The molecule has 0 saturated carbocycles. The molecule has 0 spiro atoms. The average molecular weight is 300 g/mol. The van der Waals surface area contributed by atoms with Gasteiger partial charge in [0.2, 0.25) is 0 Å². The summed E-state index contributed by atoms with van der Waals surface area (Å²) in [5.41, 5.74) is 1.43. The number of anilines is 1. The first-order valence-corrected chi connectivity index (χ1v) is 7.87. The fourth-order valence-corrected chi connectivity index (χ4v) is 3.12. The van der Waals surface area contributed by atoms with Crippen molar-refractivity contribution in [3.05, 3.63) is 35.6 Å². The van der Waals surface area contributed by atoms with Crippen molar-refractivity contribution < 1.29 is 4.74 Å². The minimum Gasteiger partial charge on any atom is -0.470 e. The van der Waals surface area contributed by atoms with E-state index in [4.69, 9.17) is 4.74 Å². The molecule has 3 heterocycles. The summed E-state index contributed by atoms with van der Waals surface area (Å²) in [4.78, 5) is 10.5. The molecule has 21 heavy (non-hydrogen) atoms. The van der Waals surface area contributed by atoms with E-state index in [1.165, 1.54) is 11.3 Å². The molecule has 0 aromatic carbocycles. The summed E-state index contributed by atoms with van der Waals surface area (Å²) in [6.45, 7) is 2.53. The van der Waals surface area contributed by atoms with E-state index < -0.39 is 0 Å². The third-order valence-corrected chi connectivity index (χ3v) is 4.29. The van der Waals surface area contributed by atoms with Crippen LogP contribution >= 0.6 is 11.3 Å². The summed E-state index contributed by atoms with van der Waals surface area (Å²) in [7, 11) is 0. The maximum absolute atomic E-state index is 9.17. The highest BCUT2D eigenvalue weighted by atomic mass is 32.1. The highest BCUT2D eigenvalue weighted by Crippen LogP contribution is 2.25. The second-order valence-corrected chi connectivity index (χ2v) is 5.90. The number of piperidine rings is 1. The maximum Gasteiger partial charge on any atom is 0.273 e. The fraction of sp³-hybridized carbons (Fsp3) is 0.400. The monoisotopic (exact) mass is 300 g/mol. The number of nitriles is 1. The van der Waals surface area contributed by atoms with E-state index >= 15 is 0 Å². The van der Waals surface area contributed by atoms with E-state index in [2.05, 4.69) is 20.9 Å². The summed E-state index contributed by atoms with van der Waals surface area (Å²) < 4.78 is 5.73. The fourth-order valence-electron chi connectivity index (χ4n) is 2.63. The average Bonchev–Trinajstić information content (AvgIpc) is 3.06. The number of nitrogens with zero attached hydrogens (tertiary/aromatic N) is 4. The molecule has 108 valence electrons. The van der Waals surface area contributed by atoms with Gasteiger partial charge in [-0.2, -0.15) is 5.26 Å². The number of rotatable bonds is 4. The molecule has 3 rings (SSSR count). The minimum absolute atomic E-state index is 0.453. The Morgan fingerprint density at radius 1 is 1.43 bits per heavy atom. The van der Waals surface area contributed by atoms with Crippen molar-refractivity contribution in [2.45, 2.75) is 12.8 Å². The van der Waals surface area contributed by atoms with Gasteiger partial charge >= 0.3 is 0 Å². The second kappa shape index (κ2) is 6.55. The van der Waals surface area contributed by atoms with Crippen LogP contribution in [-0.4, -0.2) is 29.7 Å². The van der Waals surface area contributed by atoms with Gasteiger partial charge in [0.05, 0.1) is 12.3 Å². The van der Waals surface area contributed by atoms with Crippen molar-refractivity contribution in [2.24, 2.45) is 5.92 Å². The van der Waals surface area contributed by atoms with E-state index in [1.807, 2.05) is 17.5 Å². The lowest BCUT2D eigenvalue weighted by molar-refractivity contribution is 0.228. The normalized spacial score (nSPS) is 18.2. The molecule has 1 unspecified atom stereocenters. The van der Waals surface area contributed by atoms with Gasteiger partial charge in [0.25, 0.3) is 5.19 Å². The lowest BCUT2D eigenvalue weighted by atomic mass is 9.98. The molecule has 2 aromatic heterocycles. The van der Waals surface area contributed by atoms with Gasteiger partial charge in [-0.15, -0.1) is 0 Å². The van der Waals surface area contributed by atoms with Crippen molar-refractivity contribution in [3.8, 4) is 11.3 Å². The molecule has 1 fully saturated rings. The molecular weight excluding hydrogens is 284 g/mol. The van der Waals surface area contributed by atoms with Gasteiger partial charge < -0.3 is 9.64 Å². The highest BCUT2D eigenvalue weighted by molar-refractivity contribution is 7.11. The Bertz CT molecular complexity index is 623. The molecule has 1 atom stereocenters. The van der Waals surface area contributed by atoms with Crippen molar-refractivity contribution in [1.82, 2.24) is 9.97 Å². The van der Waals surface area contributed by atoms with Crippen molar-refractivity contribution in [2.75, 3.05) is 24.6 Å². The lowest BCUT2D eigenvalue weighted by Crippen LogP contribution is -2.38. The molecule has 0 radical (unpaired) electrons. The molecule has 0 amide bonds. The molecule has 0 aliphatic carbocycles. The largest absolute Gasteiger partial charge is 0.470 e. The maximum atomic E-state index is 9.17. The Balaban J connectivity index is 1.64. The van der Waals surface area contributed by atoms with Crippen LogP contribution in [0.15, 0.2) is 29.9 Å². The molecule has 0 N–H and O–H groups in total. The van der Waals surface area contributed by atoms with E-state index in [0.717, 1.165) is 36.8 Å². The van der Waals surface area contributed by atoms with Crippen LogP contribution in [0, 0.1) is 17.2 Å². The van der Waals surface area contributed by atoms with Gasteiger partial charge in [-0.05, 0) is 25.0 Å².